The van der Waals surface area contributed by atoms with Gasteiger partial charge in [0.1, 0.15) is 0 Å². The molecule has 0 saturated carbocycles. The lowest BCUT2D eigenvalue weighted by Crippen LogP contribution is -2.27. The number of hydrogen-bond acceptors (Lipinski definition) is 2. The maximum Gasteiger partial charge on any atom is 0.251 e. The molecular formula is C17H18N2O2. The van der Waals surface area contributed by atoms with Gasteiger partial charge in [-0.1, -0.05) is 36.4 Å². The SMILES string of the molecule is CNC(=O)c1cccc(C(=O)N[C@H](C)c2ccccc2)c1. The van der Waals surface area contributed by atoms with Gasteiger partial charge in [-0.2, -0.15) is 0 Å². The predicted octanol–water partition coefficient (Wildman–Crippen LogP) is 2.54. The Hall–Kier alpha value is -2.62. The van der Waals surface area contributed by atoms with E-state index >= 15 is 0 Å². The van der Waals surface area contributed by atoms with Crippen LogP contribution in [0, 0.1) is 0 Å². The van der Waals surface area contributed by atoms with Crippen LogP contribution in [0.5, 0.6) is 0 Å². The highest BCUT2D eigenvalue weighted by Crippen LogP contribution is 2.13. The Morgan fingerprint density at radius 1 is 0.905 bits per heavy atom. The lowest BCUT2D eigenvalue weighted by Gasteiger charge is -2.14. The number of amides is 2. The van der Waals surface area contributed by atoms with Gasteiger partial charge in [0.2, 0.25) is 0 Å². The summed E-state index contributed by atoms with van der Waals surface area (Å²) in [6.07, 6.45) is 0. The van der Waals surface area contributed by atoms with Crippen LogP contribution in [-0.2, 0) is 0 Å². The van der Waals surface area contributed by atoms with Gasteiger partial charge < -0.3 is 10.6 Å². The minimum atomic E-state index is -0.208. The Morgan fingerprint density at radius 3 is 2.14 bits per heavy atom. The van der Waals surface area contributed by atoms with Crippen molar-refractivity contribution in [3.63, 3.8) is 0 Å². The summed E-state index contributed by atoms with van der Waals surface area (Å²) in [5.41, 5.74) is 1.98. The van der Waals surface area contributed by atoms with Crippen molar-refractivity contribution in [2.45, 2.75) is 13.0 Å². The van der Waals surface area contributed by atoms with Crippen LogP contribution >= 0.6 is 0 Å². The Kier molecular flexibility index (Phi) is 4.72. The van der Waals surface area contributed by atoms with E-state index in [2.05, 4.69) is 10.6 Å². The van der Waals surface area contributed by atoms with Gasteiger partial charge in [0, 0.05) is 18.2 Å². The number of rotatable bonds is 4. The van der Waals surface area contributed by atoms with Crippen LogP contribution in [0.25, 0.3) is 0 Å². The molecule has 0 saturated heterocycles. The average molecular weight is 282 g/mol. The highest BCUT2D eigenvalue weighted by atomic mass is 16.2. The quantitative estimate of drug-likeness (QED) is 0.905. The highest BCUT2D eigenvalue weighted by molar-refractivity contribution is 5.99. The van der Waals surface area contributed by atoms with Crippen molar-refractivity contribution in [1.82, 2.24) is 10.6 Å². The third-order valence-electron chi connectivity index (χ3n) is 3.26. The molecule has 0 fully saturated rings. The van der Waals surface area contributed by atoms with Crippen LogP contribution in [0.2, 0.25) is 0 Å². The molecule has 2 aromatic rings. The van der Waals surface area contributed by atoms with Crippen molar-refractivity contribution >= 4 is 11.8 Å². The molecule has 0 bridgehead atoms. The van der Waals surface area contributed by atoms with Crippen molar-refractivity contribution in [3.8, 4) is 0 Å². The van der Waals surface area contributed by atoms with Gasteiger partial charge in [0.05, 0.1) is 6.04 Å². The van der Waals surface area contributed by atoms with Crippen molar-refractivity contribution in [2.75, 3.05) is 7.05 Å². The summed E-state index contributed by atoms with van der Waals surface area (Å²) < 4.78 is 0. The highest BCUT2D eigenvalue weighted by Gasteiger charge is 2.12. The van der Waals surface area contributed by atoms with E-state index in [1.165, 1.54) is 0 Å². The Balaban J connectivity index is 2.12. The lowest BCUT2D eigenvalue weighted by atomic mass is 10.1. The third kappa shape index (κ3) is 3.69. The van der Waals surface area contributed by atoms with Crippen molar-refractivity contribution in [2.24, 2.45) is 0 Å². The maximum atomic E-state index is 12.2. The molecule has 1 atom stereocenters. The first-order valence-electron chi connectivity index (χ1n) is 6.79. The van der Waals surface area contributed by atoms with Gasteiger partial charge >= 0.3 is 0 Å². The van der Waals surface area contributed by atoms with E-state index in [0.29, 0.717) is 11.1 Å². The first-order chi connectivity index (χ1) is 10.1. The minimum absolute atomic E-state index is 0.0950. The fourth-order valence-corrected chi connectivity index (χ4v) is 2.05. The standard InChI is InChI=1S/C17H18N2O2/c1-12(13-7-4-3-5-8-13)19-17(21)15-10-6-9-14(11-15)16(20)18-2/h3-12H,1-2H3,(H,18,20)(H,19,21)/t12-/m1/s1. The van der Waals surface area contributed by atoms with Gasteiger partial charge in [-0.3, -0.25) is 9.59 Å². The van der Waals surface area contributed by atoms with Gasteiger partial charge in [0.15, 0.2) is 0 Å². The second-order valence-corrected chi connectivity index (χ2v) is 4.77. The van der Waals surface area contributed by atoms with E-state index in [1.807, 2.05) is 37.3 Å². The smallest absolute Gasteiger partial charge is 0.251 e. The van der Waals surface area contributed by atoms with Crippen LogP contribution in [0.4, 0.5) is 0 Å². The summed E-state index contributed by atoms with van der Waals surface area (Å²) >= 11 is 0. The average Bonchev–Trinajstić information content (AvgIpc) is 2.55. The number of carbonyl (C=O) groups is 2. The number of nitrogens with one attached hydrogen (secondary N) is 2. The maximum absolute atomic E-state index is 12.2. The molecule has 2 aromatic carbocycles. The molecule has 0 aliphatic heterocycles. The monoisotopic (exact) mass is 282 g/mol. The van der Waals surface area contributed by atoms with Crippen molar-refractivity contribution in [1.29, 1.82) is 0 Å². The molecule has 0 aliphatic rings. The number of carbonyl (C=O) groups excluding carboxylic acids is 2. The summed E-state index contributed by atoms with van der Waals surface area (Å²) in [6, 6.07) is 16.3. The van der Waals surface area contributed by atoms with Crippen LogP contribution in [0.15, 0.2) is 54.6 Å². The number of hydrogen-bond donors (Lipinski definition) is 2. The van der Waals surface area contributed by atoms with E-state index < -0.39 is 0 Å². The molecule has 0 radical (unpaired) electrons. The topological polar surface area (TPSA) is 58.2 Å². The molecule has 2 amide bonds. The second-order valence-electron chi connectivity index (χ2n) is 4.77. The summed E-state index contributed by atoms with van der Waals surface area (Å²) in [4.78, 5) is 23.8. The van der Waals surface area contributed by atoms with Crippen LogP contribution < -0.4 is 10.6 Å². The molecule has 108 valence electrons. The Bertz CT molecular complexity index is 638. The van der Waals surface area contributed by atoms with Crippen molar-refractivity contribution < 1.29 is 9.59 Å². The molecule has 0 spiro atoms. The first-order valence-corrected chi connectivity index (χ1v) is 6.79. The summed E-state index contributed by atoms with van der Waals surface area (Å²) in [6.45, 7) is 1.93. The number of benzene rings is 2. The zero-order valence-corrected chi connectivity index (χ0v) is 12.1. The minimum Gasteiger partial charge on any atom is -0.355 e. The van der Waals surface area contributed by atoms with E-state index in [1.54, 1.807) is 31.3 Å². The zero-order chi connectivity index (χ0) is 15.2. The van der Waals surface area contributed by atoms with Crippen LogP contribution in [0.3, 0.4) is 0 Å². The van der Waals surface area contributed by atoms with Crippen LogP contribution in [0.1, 0.15) is 39.2 Å². The van der Waals surface area contributed by atoms with E-state index in [0.717, 1.165) is 5.56 Å². The van der Waals surface area contributed by atoms with Gasteiger partial charge in [-0.15, -0.1) is 0 Å². The van der Waals surface area contributed by atoms with Crippen molar-refractivity contribution in [3.05, 3.63) is 71.3 Å². The summed E-state index contributed by atoms with van der Waals surface area (Å²) in [7, 11) is 1.56. The second kappa shape index (κ2) is 6.70. The molecule has 2 rings (SSSR count). The molecule has 21 heavy (non-hydrogen) atoms. The zero-order valence-electron chi connectivity index (χ0n) is 12.1. The largest absolute Gasteiger partial charge is 0.355 e. The molecule has 0 aromatic heterocycles. The molecule has 2 N–H and O–H groups in total. The van der Waals surface area contributed by atoms with Gasteiger partial charge in [0.25, 0.3) is 11.8 Å². The van der Waals surface area contributed by atoms with E-state index in [9.17, 15) is 9.59 Å². The van der Waals surface area contributed by atoms with E-state index in [4.69, 9.17) is 0 Å². The Labute approximate surface area is 124 Å². The summed E-state index contributed by atoms with van der Waals surface area (Å²) in [5, 5.41) is 5.47. The summed E-state index contributed by atoms with van der Waals surface area (Å²) in [5.74, 6) is -0.405. The molecule has 0 unspecified atom stereocenters. The molecule has 0 heterocycles. The third-order valence-corrected chi connectivity index (χ3v) is 3.26. The molecular weight excluding hydrogens is 264 g/mol. The normalized spacial score (nSPS) is 11.5. The predicted molar refractivity (Wildman–Crippen MR) is 82.2 cm³/mol. The molecule has 0 aliphatic carbocycles. The van der Waals surface area contributed by atoms with E-state index in [-0.39, 0.29) is 17.9 Å². The molecule has 4 heteroatoms. The fourth-order valence-electron chi connectivity index (χ4n) is 2.05. The fraction of sp³-hybridized carbons (Fsp3) is 0.176. The van der Waals surface area contributed by atoms with Crippen LogP contribution in [-0.4, -0.2) is 18.9 Å². The Morgan fingerprint density at radius 2 is 1.52 bits per heavy atom. The van der Waals surface area contributed by atoms with Gasteiger partial charge in [-0.05, 0) is 30.7 Å². The van der Waals surface area contributed by atoms with Gasteiger partial charge in [-0.25, -0.2) is 0 Å². The first kappa shape index (κ1) is 14.8. The lowest BCUT2D eigenvalue weighted by molar-refractivity contribution is 0.0940. The molecule has 4 nitrogen and oxygen atoms in total.